The standard InChI is InChI=1S/C26H29NO7/c1-26(2)18-13-19-21(33-23(18)17-8-4-9-20(28)24(17)34-26)10-5-11-27(19)25(31)15-6-3-7-16(12-15)32-14-22(29)30/h3-4,6-9,12,18-19,21,23,28H,5,10-11,13-14H2,1-2H3,(H,29,30)/t18-,19-,21-,23+/m1/s1. The van der Waals surface area contributed by atoms with Gasteiger partial charge in [-0.1, -0.05) is 18.2 Å². The molecule has 2 aromatic rings. The molecular weight excluding hydrogens is 438 g/mol. The molecule has 2 N–H and O–H groups in total. The van der Waals surface area contributed by atoms with E-state index in [9.17, 15) is 14.7 Å². The second-order valence-electron chi connectivity index (χ2n) is 9.76. The molecule has 2 fully saturated rings. The van der Waals surface area contributed by atoms with Crippen LogP contribution in [0, 0.1) is 5.92 Å². The predicted octanol–water partition coefficient (Wildman–Crippen LogP) is 3.78. The number of hydrogen-bond acceptors (Lipinski definition) is 6. The van der Waals surface area contributed by atoms with E-state index in [1.54, 1.807) is 36.4 Å². The van der Waals surface area contributed by atoms with Crippen LogP contribution in [-0.2, 0) is 9.53 Å². The monoisotopic (exact) mass is 467 g/mol. The van der Waals surface area contributed by atoms with Gasteiger partial charge in [0.15, 0.2) is 18.1 Å². The van der Waals surface area contributed by atoms with Gasteiger partial charge in [0.05, 0.1) is 18.2 Å². The van der Waals surface area contributed by atoms with E-state index in [1.165, 1.54) is 0 Å². The minimum atomic E-state index is -1.07. The average Bonchev–Trinajstić information content (AvgIpc) is 2.82. The lowest BCUT2D eigenvalue weighted by Crippen LogP contribution is -2.60. The molecule has 0 aliphatic carbocycles. The Morgan fingerprint density at radius 3 is 2.79 bits per heavy atom. The molecule has 3 aliphatic rings. The Bertz CT molecular complexity index is 1110. The average molecular weight is 468 g/mol. The van der Waals surface area contributed by atoms with Crippen LogP contribution in [0.5, 0.6) is 17.2 Å². The van der Waals surface area contributed by atoms with Crippen LogP contribution in [-0.4, -0.2) is 57.9 Å². The van der Waals surface area contributed by atoms with Crippen LogP contribution in [0.1, 0.15) is 55.1 Å². The highest BCUT2D eigenvalue weighted by molar-refractivity contribution is 5.95. The van der Waals surface area contributed by atoms with Crippen molar-refractivity contribution < 1.29 is 34.0 Å². The van der Waals surface area contributed by atoms with Crippen molar-refractivity contribution in [3.05, 3.63) is 53.6 Å². The lowest BCUT2D eigenvalue weighted by Gasteiger charge is -2.54. The summed E-state index contributed by atoms with van der Waals surface area (Å²) < 4.78 is 18.1. The normalized spacial score (nSPS) is 26.9. The lowest BCUT2D eigenvalue weighted by molar-refractivity contribution is -0.184. The number of ether oxygens (including phenoxy) is 3. The number of carbonyl (C=O) groups is 2. The molecule has 5 rings (SSSR count). The summed E-state index contributed by atoms with van der Waals surface area (Å²) in [4.78, 5) is 26.2. The molecule has 0 aromatic heterocycles. The molecule has 8 nitrogen and oxygen atoms in total. The Kier molecular flexibility index (Phi) is 5.64. The molecule has 0 radical (unpaired) electrons. The van der Waals surface area contributed by atoms with Crippen LogP contribution in [0.4, 0.5) is 0 Å². The zero-order valence-electron chi connectivity index (χ0n) is 19.3. The Labute approximate surface area is 198 Å². The van der Waals surface area contributed by atoms with Crippen LogP contribution in [0.3, 0.4) is 0 Å². The topological polar surface area (TPSA) is 106 Å². The fourth-order valence-corrected chi connectivity index (χ4v) is 5.56. The number of phenolic OH excluding ortho intramolecular Hbond substituents is 1. The van der Waals surface area contributed by atoms with E-state index in [1.807, 2.05) is 24.8 Å². The number of carboxylic acid groups (broad SMARTS) is 1. The van der Waals surface area contributed by atoms with Gasteiger partial charge in [-0.15, -0.1) is 0 Å². The van der Waals surface area contributed by atoms with Gasteiger partial charge in [0.1, 0.15) is 11.4 Å². The summed E-state index contributed by atoms with van der Waals surface area (Å²) in [6.45, 7) is 4.17. The van der Waals surface area contributed by atoms with Gasteiger partial charge in [-0.2, -0.15) is 0 Å². The number of benzene rings is 2. The van der Waals surface area contributed by atoms with Gasteiger partial charge in [0.25, 0.3) is 5.91 Å². The van der Waals surface area contributed by atoms with Crippen LogP contribution < -0.4 is 9.47 Å². The highest BCUT2D eigenvalue weighted by atomic mass is 16.5. The van der Waals surface area contributed by atoms with E-state index in [4.69, 9.17) is 19.3 Å². The predicted molar refractivity (Wildman–Crippen MR) is 122 cm³/mol. The molecule has 8 heteroatoms. The van der Waals surface area contributed by atoms with E-state index >= 15 is 0 Å². The minimum absolute atomic E-state index is 0.00156. The third-order valence-electron chi connectivity index (χ3n) is 7.19. The second kappa shape index (κ2) is 8.51. The first kappa shape index (κ1) is 22.5. The SMILES string of the molecule is CC1(C)Oc2c(O)cccc2[C@@H]2O[C@@H]3CCCN(C(=O)c4cccc(OCC(=O)O)c4)[C@@H]3C[C@H]21. The number of aromatic hydroxyl groups is 1. The molecule has 0 bridgehead atoms. The largest absolute Gasteiger partial charge is 0.504 e. The maximum Gasteiger partial charge on any atom is 0.341 e. The summed E-state index contributed by atoms with van der Waals surface area (Å²) in [5.74, 6) is -0.252. The van der Waals surface area contributed by atoms with Gasteiger partial charge in [-0.25, -0.2) is 4.79 Å². The number of aliphatic carboxylic acids is 1. The fraction of sp³-hybridized carbons (Fsp3) is 0.462. The van der Waals surface area contributed by atoms with Crippen molar-refractivity contribution in [1.82, 2.24) is 4.90 Å². The Morgan fingerprint density at radius 1 is 1.21 bits per heavy atom. The van der Waals surface area contributed by atoms with E-state index in [2.05, 4.69) is 0 Å². The Hall–Kier alpha value is -3.26. The van der Waals surface area contributed by atoms with Crippen molar-refractivity contribution in [2.24, 2.45) is 5.92 Å². The summed E-state index contributed by atoms with van der Waals surface area (Å²) in [6.07, 6.45) is 2.07. The number of amides is 1. The molecule has 3 heterocycles. The first-order chi connectivity index (χ1) is 16.2. The van der Waals surface area contributed by atoms with E-state index < -0.39 is 18.2 Å². The van der Waals surface area contributed by atoms with E-state index in [0.29, 0.717) is 23.6 Å². The summed E-state index contributed by atoms with van der Waals surface area (Å²) in [6, 6.07) is 11.9. The van der Waals surface area contributed by atoms with Gasteiger partial charge < -0.3 is 29.3 Å². The van der Waals surface area contributed by atoms with Crippen LogP contribution in [0.15, 0.2) is 42.5 Å². The number of carboxylic acids is 1. The second-order valence-corrected chi connectivity index (χ2v) is 9.76. The number of fused-ring (bicyclic) bond motifs is 4. The first-order valence-electron chi connectivity index (χ1n) is 11.7. The molecular formula is C26H29NO7. The van der Waals surface area contributed by atoms with Gasteiger partial charge in [0.2, 0.25) is 0 Å². The molecule has 3 aliphatic heterocycles. The van der Waals surface area contributed by atoms with E-state index in [-0.39, 0.29) is 35.8 Å². The van der Waals surface area contributed by atoms with Crippen molar-refractivity contribution in [2.75, 3.05) is 13.2 Å². The summed E-state index contributed by atoms with van der Waals surface area (Å²) >= 11 is 0. The molecule has 0 saturated carbocycles. The van der Waals surface area contributed by atoms with Gasteiger partial charge in [-0.05, 0) is 57.4 Å². The fourth-order valence-electron chi connectivity index (χ4n) is 5.56. The lowest BCUT2D eigenvalue weighted by atomic mass is 9.72. The Balaban J connectivity index is 1.41. The first-order valence-corrected chi connectivity index (χ1v) is 11.7. The molecule has 34 heavy (non-hydrogen) atoms. The van der Waals surface area contributed by atoms with Crippen LogP contribution in [0.25, 0.3) is 0 Å². The number of piperidine rings is 1. The summed E-state index contributed by atoms with van der Waals surface area (Å²) in [7, 11) is 0. The molecule has 2 aromatic carbocycles. The third kappa shape index (κ3) is 3.96. The number of likely N-dealkylation sites (tertiary alicyclic amines) is 1. The highest BCUT2D eigenvalue weighted by Crippen LogP contribution is 2.54. The van der Waals surface area contributed by atoms with Crippen molar-refractivity contribution >= 4 is 11.9 Å². The van der Waals surface area contributed by atoms with Gasteiger partial charge in [-0.3, -0.25) is 4.79 Å². The molecule has 4 atom stereocenters. The van der Waals surface area contributed by atoms with Crippen molar-refractivity contribution in [3.63, 3.8) is 0 Å². The maximum atomic E-state index is 13.5. The number of phenols is 1. The molecule has 2 saturated heterocycles. The minimum Gasteiger partial charge on any atom is -0.504 e. The molecule has 0 spiro atoms. The third-order valence-corrected chi connectivity index (χ3v) is 7.19. The molecule has 180 valence electrons. The van der Waals surface area contributed by atoms with Crippen molar-refractivity contribution in [1.29, 1.82) is 0 Å². The van der Waals surface area contributed by atoms with Gasteiger partial charge >= 0.3 is 5.97 Å². The van der Waals surface area contributed by atoms with Crippen LogP contribution in [0.2, 0.25) is 0 Å². The smallest absolute Gasteiger partial charge is 0.341 e. The maximum absolute atomic E-state index is 13.5. The number of carbonyl (C=O) groups excluding carboxylic acids is 1. The molecule has 1 amide bonds. The van der Waals surface area contributed by atoms with Crippen molar-refractivity contribution in [2.45, 2.75) is 57.0 Å². The highest BCUT2D eigenvalue weighted by Gasteiger charge is 2.53. The Morgan fingerprint density at radius 2 is 2.00 bits per heavy atom. The number of hydrogen-bond donors (Lipinski definition) is 2. The zero-order chi connectivity index (χ0) is 24.0. The zero-order valence-corrected chi connectivity index (χ0v) is 19.3. The number of nitrogens with zero attached hydrogens (tertiary/aromatic N) is 1. The summed E-state index contributed by atoms with van der Waals surface area (Å²) in [5.41, 5.74) is 0.729. The van der Waals surface area contributed by atoms with E-state index in [0.717, 1.165) is 24.8 Å². The van der Waals surface area contributed by atoms with Crippen LogP contribution >= 0.6 is 0 Å². The van der Waals surface area contributed by atoms with Crippen molar-refractivity contribution in [3.8, 4) is 17.2 Å². The van der Waals surface area contributed by atoms with Gasteiger partial charge in [0, 0.05) is 23.6 Å². The number of rotatable bonds is 4. The molecule has 0 unspecified atom stereocenters. The summed E-state index contributed by atoms with van der Waals surface area (Å²) in [5, 5.41) is 19.2. The number of para-hydroxylation sites is 1. The quantitative estimate of drug-likeness (QED) is 0.705.